The number of carbonyl (C=O) groups is 1. The summed E-state index contributed by atoms with van der Waals surface area (Å²) in [5, 5.41) is 0. The van der Waals surface area contributed by atoms with Crippen molar-refractivity contribution < 1.29 is 4.79 Å². The molecule has 0 aromatic rings. The number of hydrogen-bond donors (Lipinski definition) is 0. The van der Waals surface area contributed by atoms with Crippen molar-refractivity contribution in [1.82, 2.24) is 0 Å². The molecule has 0 aliphatic heterocycles. The third kappa shape index (κ3) is 2.70. The Morgan fingerprint density at radius 3 is 1.97 bits per heavy atom. The van der Waals surface area contributed by atoms with E-state index in [-0.39, 0.29) is 11.3 Å². The summed E-state index contributed by atoms with van der Waals surface area (Å²) in [4.78, 5) is 12.7. The van der Waals surface area contributed by atoms with Gasteiger partial charge in [-0.15, -0.1) is 0 Å². The Labute approximate surface area is 192 Å². The van der Waals surface area contributed by atoms with Gasteiger partial charge in [-0.1, -0.05) is 55.4 Å². The number of ketones is 1. The maximum atomic E-state index is 12.7. The van der Waals surface area contributed by atoms with E-state index in [0.717, 1.165) is 30.6 Å². The molecule has 1 nitrogen and oxygen atoms in total. The van der Waals surface area contributed by atoms with Crippen LogP contribution in [0.2, 0.25) is 0 Å². The van der Waals surface area contributed by atoms with Crippen molar-refractivity contribution >= 4 is 5.78 Å². The zero-order valence-electron chi connectivity index (χ0n) is 22.0. The maximum absolute atomic E-state index is 12.7. The van der Waals surface area contributed by atoms with Crippen LogP contribution >= 0.6 is 0 Å². The molecule has 5 saturated carbocycles. The third-order valence-corrected chi connectivity index (χ3v) is 13.7. The molecule has 0 N–H and O–H groups in total. The molecule has 0 bridgehead atoms. The van der Waals surface area contributed by atoms with E-state index in [1.54, 1.807) is 0 Å². The van der Waals surface area contributed by atoms with Crippen LogP contribution in [0.5, 0.6) is 0 Å². The van der Waals surface area contributed by atoms with Crippen LogP contribution in [0.3, 0.4) is 0 Å². The monoisotopic (exact) mass is 426 g/mol. The van der Waals surface area contributed by atoms with E-state index in [2.05, 4.69) is 55.4 Å². The van der Waals surface area contributed by atoms with E-state index in [1.807, 2.05) is 0 Å². The summed E-state index contributed by atoms with van der Waals surface area (Å²) in [5.41, 5.74) is 2.67. The second kappa shape index (κ2) is 6.41. The number of rotatable bonds is 0. The van der Waals surface area contributed by atoms with Gasteiger partial charge in [0.15, 0.2) is 0 Å². The topological polar surface area (TPSA) is 17.1 Å². The van der Waals surface area contributed by atoms with Gasteiger partial charge in [-0.2, -0.15) is 0 Å². The summed E-state index contributed by atoms with van der Waals surface area (Å²) < 4.78 is 0. The van der Waals surface area contributed by atoms with Crippen molar-refractivity contribution in [2.45, 2.75) is 126 Å². The van der Waals surface area contributed by atoms with E-state index >= 15 is 0 Å². The first-order valence-electron chi connectivity index (χ1n) is 13.7. The van der Waals surface area contributed by atoms with Crippen LogP contribution in [0.25, 0.3) is 0 Å². The predicted molar refractivity (Wildman–Crippen MR) is 130 cm³/mol. The predicted octanol–water partition coefficient (Wildman–Crippen LogP) is 8.46. The van der Waals surface area contributed by atoms with Gasteiger partial charge in [0.25, 0.3) is 0 Å². The second-order valence-electron chi connectivity index (χ2n) is 15.3. The van der Waals surface area contributed by atoms with Gasteiger partial charge in [0.1, 0.15) is 5.78 Å². The second-order valence-corrected chi connectivity index (χ2v) is 15.3. The lowest BCUT2D eigenvalue weighted by Gasteiger charge is -2.74. The standard InChI is InChI=1S/C30H50O/c1-20-21(31)9-10-22-27(20,5)12-11-23-28(22,6)16-18-30(8)24-19-25(2,3)13-14-26(24,4)15-17-29(23,30)7/h20,22-24H,9-19H2,1-8H3/t20-,22+,23?,24?,26+,27+,28-,29+,30-/m0/s1. The normalized spacial score (nSPS) is 58.5. The van der Waals surface area contributed by atoms with E-state index in [0.29, 0.717) is 32.9 Å². The molecule has 2 unspecified atom stereocenters. The number of Topliss-reactive ketones (excluding diaryl/α,β-unsaturated/α-hetero) is 1. The fraction of sp³-hybridized carbons (Fsp3) is 0.967. The first-order valence-corrected chi connectivity index (χ1v) is 13.7. The molecule has 0 amide bonds. The van der Waals surface area contributed by atoms with Crippen molar-refractivity contribution in [3.05, 3.63) is 0 Å². The van der Waals surface area contributed by atoms with E-state index in [4.69, 9.17) is 0 Å². The lowest BCUT2D eigenvalue weighted by Crippen LogP contribution is -2.67. The summed E-state index contributed by atoms with van der Waals surface area (Å²) in [5.74, 6) is 3.27. The highest BCUT2D eigenvalue weighted by molar-refractivity contribution is 5.82. The van der Waals surface area contributed by atoms with Crippen molar-refractivity contribution in [3.8, 4) is 0 Å². The zero-order chi connectivity index (χ0) is 22.7. The van der Waals surface area contributed by atoms with Gasteiger partial charge in [0, 0.05) is 12.3 Å². The molecule has 5 fully saturated rings. The Kier molecular flexibility index (Phi) is 4.65. The fourth-order valence-electron chi connectivity index (χ4n) is 11.2. The Balaban J connectivity index is 1.55. The summed E-state index contributed by atoms with van der Waals surface area (Å²) in [6, 6.07) is 0. The Bertz CT molecular complexity index is 781. The summed E-state index contributed by atoms with van der Waals surface area (Å²) >= 11 is 0. The first-order chi connectivity index (χ1) is 14.2. The van der Waals surface area contributed by atoms with Gasteiger partial charge < -0.3 is 0 Å². The SMILES string of the molecule is C[C@H]1C(=O)CC[C@@H]2[C@]1(C)CCC1[C@@]2(C)CC[C@@]2(C)C3CC(C)(C)CC[C@]3(C)CC[C@]12C. The fourth-order valence-corrected chi connectivity index (χ4v) is 11.2. The lowest BCUT2D eigenvalue weighted by atomic mass is 9.30. The summed E-state index contributed by atoms with van der Waals surface area (Å²) in [6.07, 6.45) is 14.6. The summed E-state index contributed by atoms with van der Waals surface area (Å²) in [6.45, 7) is 20.7. The third-order valence-electron chi connectivity index (χ3n) is 13.7. The molecule has 176 valence electrons. The molecular weight excluding hydrogens is 376 g/mol. The van der Waals surface area contributed by atoms with Crippen molar-refractivity contribution in [2.24, 2.45) is 56.2 Å². The highest BCUT2D eigenvalue weighted by Crippen LogP contribution is 2.78. The molecule has 1 heteroatoms. The Morgan fingerprint density at radius 1 is 0.645 bits per heavy atom. The maximum Gasteiger partial charge on any atom is 0.136 e. The van der Waals surface area contributed by atoms with Crippen LogP contribution in [0.4, 0.5) is 0 Å². The Hall–Kier alpha value is -0.330. The molecule has 9 atom stereocenters. The van der Waals surface area contributed by atoms with Gasteiger partial charge in [0.05, 0.1) is 0 Å². The highest BCUT2D eigenvalue weighted by Gasteiger charge is 2.70. The molecule has 31 heavy (non-hydrogen) atoms. The molecule has 5 aliphatic rings. The van der Waals surface area contributed by atoms with Gasteiger partial charge in [0.2, 0.25) is 0 Å². The first kappa shape index (κ1) is 22.5. The van der Waals surface area contributed by atoms with Crippen molar-refractivity contribution in [1.29, 1.82) is 0 Å². The number of carbonyl (C=O) groups excluding carboxylic acids is 1. The molecule has 5 aliphatic carbocycles. The number of fused-ring (bicyclic) bond motifs is 7. The molecule has 5 rings (SSSR count). The minimum Gasteiger partial charge on any atom is -0.299 e. The van der Waals surface area contributed by atoms with E-state index < -0.39 is 0 Å². The minimum absolute atomic E-state index is 0.237. The molecule has 0 saturated heterocycles. The van der Waals surface area contributed by atoms with Gasteiger partial charge in [-0.3, -0.25) is 4.79 Å². The van der Waals surface area contributed by atoms with Crippen molar-refractivity contribution in [3.63, 3.8) is 0 Å². The van der Waals surface area contributed by atoms with E-state index in [1.165, 1.54) is 57.8 Å². The van der Waals surface area contributed by atoms with Crippen LogP contribution in [0.15, 0.2) is 0 Å². The van der Waals surface area contributed by atoms with Crippen LogP contribution in [0.1, 0.15) is 126 Å². The molecule has 0 aromatic carbocycles. The van der Waals surface area contributed by atoms with Gasteiger partial charge in [-0.05, 0) is 114 Å². The van der Waals surface area contributed by atoms with Crippen LogP contribution in [-0.2, 0) is 4.79 Å². The van der Waals surface area contributed by atoms with Gasteiger partial charge in [-0.25, -0.2) is 0 Å². The van der Waals surface area contributed by atoms with Crippen LogP contribution in [-0.4, -0.2) is 5.78 Å². The average molecular weight is 427 g/mol. The molecular formula is C30H50O. The Morgan fingerprint density at radius 2 is 1.26 bits per heavy atom. The molecule has 0 heterocycles. The minimum atomic E-state index is 0.237. The van der Waals surface area contributed by atoms with E-state index in [9.17, 15) is 4.79 Å². The smallest absolute Gasteiger partial charge is 0.136 e. The largest absolute Gasteiger partial charge is 0.299 e. The quantitative estimate of drug-likeness (QED) is 0.379. The van der Waals surface area contributed by atoms with Crippen molar-refractivity contribution in [2.75, 3.05) is 0 Å². The zero-order valence-corrected chi connectivity index (χ0v) is 22.0. The molecule has 0 aromatic heterocycles. The van der Waals surface area contributed by atoms with Crippen LogP contribution in [0, 0.1) is 56.2 Å². The highest BCUT2D eigenvalue weighted by atomic mass is 16.1. The number of hydrogen-bond acceptors (Lipinski definition) is 1. The lowest BCUT2D eigenvalue weighted by molar-refractivity contribution is -0.256. The molecule has 0 radical (unpaired) electrons. The van der Waals surface area contributed by atoms with Gasteiger partial charge >= 0.3 is 0 Å². The van der Waals surface area contributed by atoms with Crippen LogP contribution < -0.4 is 0 Å². The average Bonchev–Trinajstić information content (AvgIpc) is 2.69. The summed E-state index contributed by atoms with van der Waals surface area (Å²) in [7, 11) is 0. The molecule has 0 spiro atoms.